The predicted octanol–water partition coefficient (Wildman–Crippen LogP) is 3.19. The molecule has 14 heavy (non-hydrogen) atoms. The molecule has 82 valence electrons. The van der Waals surface area contributed by atoms with E-state index in [1.807, 2.05) is 24.8 Å². The Balaban J connectivity index is 3.74. The molecule has 0 amide bonds. The van der Waals surface area contributed by atoms with Crippen LogP contribution in [0.3, 0.4) is 0 Å². The maximum absolute atomic E-state index is 10.6. The summed E-state index contributed by atoms with van der Waals surface area (Å²) >= 11 is 1.81. The quantitative estimate of drug-likeness (QED) is 0.524. The number of hydrogen-bond donors (Lipinski definition) is 1. The molecule has 0 aromatic rings. The fourth-order valence-electron chi connectivity index (χ4n) is 0.929. The average Bonchev–Trinajstić information content (AvgIpc) is 2.16. The fourth-order valence-corrected chi connectivity index (χ4v) is 2.02. The van der Waals surface area contributed by atoms with E-state index in [4.69, 9.17) is 5.11 Å². The van der Waals surface area contributed by atoms with E-state index in [0.29, 0.717) is 12.0 Å². The number of hydrogen-bond acceptors (Lipinski definition) is 2. The Labute approximate surface area is 90.8 Å². The summed E-state index contributed by atoms with van der Waals surface area (Å²) in [6.45, 7) is 6.27. The lowest BCUT2D eigenvalue weighted by atomic mass is 10.2. The third kappa shape index (κ3) is 6.08. The molecule has 0 fully saturated rings. The van der Waals surface area contributed by atoms with Gasteiger partial charge in [-0.05, 0) is 18.1 Å². The van der Waals surface area contributed by atoms with E-state index < -0.39 is 5.97 Å². The molecule has 0 spiro atoms. The molecule has 0 heterocycles. The Hall–Kier alpha value is -0.440. The molecule has 0 bridgehead atoms. The lowest BCUT2D eigenvalue weighted by Gasteiger charge is -2.05. The van der Waals surface area contributed by atoms with Gasteiger partial charge in [-0.2, -0.15) is 11.8 Å². The monoisotopic (exact) mass is 216 g/mol. The van der Waals surface area contributed by atoms with E-state index in [1.165, 1.54) is 6.42 Å². The second kappa shape index (κ2) is 7.92. The Morgan fingerprint density at radius 3 is 2.57 bits per heavy atom. The molecule has 2 nitrogen and oxygen atoms in total. The zero-order chi connectivity index (χ0) is 11.0. The first-order valence-electron chi connectivity index (χ1n) is 5.11. The van der Waals surface area contributed by atoms with Gasteiger partial charge in [0.2, 0.25) is 0 Å². The molecule has 0 saturated carbocycles. The molecule has 0 aliphatic rings. The van der Waals surface area contributed by atoms with E-state index in [0.717, 1.165) is 17.4 Å². The highest BCUT2D eigenvalue weighted by atomic mass is 32.2. The Kier molecular flexibility index (Phi) is 7.67. The summed E-state index contributed by atoms with van der Waals surface area (Å²) in [4.78, 5) is 10.6. The average molecular weight is 216 g/mol. The Morgan fingerprint density at radius 2 is 2.14 bits per heavy atom. The van der Waals surface area contributed by atoms with Gasteiger partial charge in [-0.3, -0.25) is 0 Å². The molecule has 3 heteroatoms. The molecule has 0 aromatic carbocycles. The van der Waals surface area contributed by atoms with E-state index in [-0.39, 0.29) is 0 Å². The van der Waals surface area contributed by atoms with Gasteiger partial charge in [0.05, 0.1) is 0 Å². The Bertz CT molecular complexity index is 199. The molecule has 0 aliphatic carbocycles. The summed E-state index contributed by atoms with van der Waals surface area (Å²) in [5.41, 5.74) is 0.529. The summed E-state index contributed by atoms with van der Waals surface area (Å²) in [5.74, 6) is 1.88. The lowest BCUT2D eigenvalue weighted by Crippen LogP contribution is -2.00. The van der Waals surface area contributed by atoms with Gasteiger partial charge in [0.15, 0.2) is 0 Å². The number of rotatable bonds is 7. The van der Waals surface area contributed by atoms with Gasteiger partial charge in [-0.15, -0.1) is 0 Å². The van der Waals surface area contributed by atoms with Gasteiger partial charge in [-0.25, -0.2) is 4.79 Å². The highest BCUT2D eigenvalue weighted by Crippen LogP contribution is 2.12. The Morgan fingerprint density at radius 1 is 1.50 bits per heavy atom. The zero-order valence-electron chi connectivity index (χ0n) is 9.25. The van der Waals surface area contributed by atoms with Gasteiger partial charge in [0.25, 0.3) is 0 Å². The topological polar surface area (TPSA) is 37.3 Å². The largest absolute Gasteiger partial charge is 0.478 e. The minimum Gasteiger partial charge on any atom is -0.478 e. The van der Waals surface area contributed by atoms with E-state index in [1.54, 1.807) is 0 Å². The first-order chi connectivity index (χ1) is 6.61. The maximum atomic E-state index is 10.6. The highest BCUT2D eigenvalue weighted by molar-refractivity contribution is 7.99. The molecule has 1 unspecified atom stereocenters. The van der Waals surface area contributed by atoms with Crippen LogP contribution in [0.2, 0.25) is 0 Å². The normalized spacial score (nSPS) is 14.1. The highest BCUT2D eigenvalue weighted by Gasteiger charge is 2.03. The van der Waals surface area contributed by atoms with Crippen LogP contribution in [-0.2, 0) is 4.79 Å². The predicted molar refractivity (Wildman–Crippen MR) is 62.8 cm³/mol. The smallest absolute Gasteiger partial charge is 0.331 e. The van der Waals surface area contributed by atoms with Crippen molar-refractivity contribution in [1.82, 2.24) is 0 Å². The van der Waals surface area contributed by atoms with E-state index >= 15 is 0 Å². The maximum Gasteiger partial charge on any atom is 0.331 e. The van der Waals surface area contributed by atoms with Crippen molar-refractivity contribution in [2.75, 3.05) is 11.5 Å². The molecule has 0 radical (unpaired) electrons. The molecule has 0 aromatic heterocycles. The molecule has 1 atom stereocenters. The molecule has 1 N–H and O–H groups in total. The van der Waals surface area contributed by atoms with Crippen molar-refractivity contribution in [3.8, 4) is 0 Å². The van der Waals surface area contributed by atoms with Crippen LogP contribution >= 0.6 is 11.8 Å². The van der Waals surface area contributed by atoms with Crippen LogP contribution in [0.5, 0.6) is 0 Å². The molecule has 0 rings (SSSR count). The van der Waals surface area contributed by atoms with Gasteiger partial charge >= 0.3 is 5.97 Å². The SMILES string of the molecule is CC/C(=C/CSCC(C)CC)C(=O)O. The van der Waals surface area contributed by atoms with Gasteiger partial charge in [0.1, 0.15) is 0 Å². The van der Waals surface area contributed by atoms with Crippen LogP contribution in [0.15, 0.2) is 11.6 Å². The van der Waals surface area contributed by atoms with Crippen molar-refractivity contribution in [3.05, 3.63) is 11.6 Å². The summed E-state index contributed by atoms with van der Waals surface area (Å²) in [6.07, 6.45) is 3.63. The number of carboxylic acid groups (broad SMARTS) is 1. The van der Waals surface area contributed by atoms with Crippen molar-refractivity contribution in [1.29, 1.82) is 0 Å². The molecule has 0 saturated heterocycles. The van der Waals surface area contributed by atoms with Crippen LogP contribution in [0.1, 0.15) is 33.6 Å². The number of carboxylic acids is 1. The number of aliphatic carboxylic acids is 1. The van der Waals surface area contributed by atoms with Crippen molar-refractivity contribution >= 4 is 17.7 Å². The van der Waals surface area contributed by atoms with Crippen LogP contribution in [0, 0.1) is 5.92 Å². The summed E-state index contributed by atoms with van der Waals surface area (Å²) < 4.78 is 0. The number of thioether (sulfide) groups is 1. The standard InChI is InChI=1S/C11H20O2S/c1-4-9(3)8-14-7-6-10(5-2)11(12)13/h6,9H,4-5,7-8H2,1-3H3,(H,12,13)/b10-6-. The molecular weight excluding hydrogens is 196 g/mol. The lowest BCUT2D eigenvalue weighted by molar-refractivity contribution is -0.132. The van der Waals surface area contributed by atoms with Crippen molar-refractivity contribution in [3.63, 3.8) is 0 Å². The summed E-state index contributed by atoms with van der Waals surface area (Å²) in [7, 11) is 0. The molecule has 0 aliphatic heterocycles. The second-order valence-electron chi connectivity index (χ2n) is 3.44. The minimum absolute atomic E-state index is 0.529. The number of carbonyl (C=O) groups is 1. The summed E-state index contributed by atoms with van der Waals surface area (Å²) in [5, 5.41) is 8.75. The minimum atomic E-state index is -0.781. The third-order valence-electron chi connectivity index (χ3n) is 2.20. The third-order valence-corrected chi connectivity index (χ3v) is 3.41. The second-order valence-corrected chi connectivity index (χ2v) is 4.51. The molecular formula is C11H20O2S. The van der Waals surface area contributed by atoms with E-state index in [2.05, 4.69) is 13.8 Å². The fraction of sp³-hybridized carbons (Fsp3) is 0.727. The van der Waals surface area contributed by atoms with Crippen LogP contribution in [0.4, 0.5) is 0 Å². The van der Waals surface area contributed by atoms with Gasteiger partial charge in [0, 0.05) is 11.3 Å². The first kappa shape index (κ1) is 13.6. The van der Waals surface area contributed by atoms with Gasteiger partial charge in [-0.1, -0.05) is 33.3 Å². The van der Waals surface area contributed by atoms with Crippen molar-refractivity contribution < 1.29 is 9.90 Å². The first-order valence-corrected chi connectivity index (χ1v) is 6.27. The summed E-state index contributed by atoms with van der Waals surface area (Å²) in [6, 6.07) is 0. The van der Waals surface area contributed by atoms with Crippen LogP contribution in [-0.4, -0.2) is 22.6 Å². The van der Waals surface area contributed by atoms with Crippen LogP contribution < -0.4 is 0 Å². The van der Waals surface area contributed by atoms with E-state index in [9.17, 15) is 4.79 Å². The zero-order valence-corrected chi connectivity index (χ0v) is 10.1. The van der Waals surface area contributed by atoms with Crippen LogP contribution in [0.25, 0.3) is 0 Å². The van der Waals surface area contributed by atoms with Gasteiger partial charge < -0.3 is 5.11 Å². The van der Waals surface area contributed by atoms with Crippen molar-refractivity contribution in [2.45, 2.75) is 33.6 Å². The van der Waals surface area contributed by atoms with Crippen molar-refractivity contribution in [2.24, 2.45) is 5.92 Å².